The lowest BCUT2D eigenvalue weighted by Gasteiger charge is -2.09. The quantitative estimate of drug-likeness (QED) is 0.470. The van der Waals surface area contributed by atoms with Gasteiger partial charge in [0.15, 0.2) is 11.0 Å². The van der Waals surface area contributed by atoms with Gasteiger partial charge >= 0.3 is 0 Å². The zero-order valence-electron chi connectivity index (χ0n) is 15.4. The van der Waals surface area contributed by atoms with E-state index in [-0.39, 0.29) is 30.7 Å². The predicted octanol–water partition coefficient (Wildman–Crippen LogP) is 1.31. The number of hydrogen-bond acceptors (Lipinski definition) is 6. The van der Waals surface area contributed by atoms with Crippen molar-refractivity contribution in [2.45, 2.75) is 25.2 Å². The van der Waals surface area contributed by atoms with Gasteiger partial charge in [-0.15, -0.1) is 16.8 Å². The summed E-state index contributed by atoms with van der Waals surface area (Å²) in [5.74, 6) is 1.02. The molecule has 0 aliphatic carbocycles. The molecule has 144 valence electrons. The van der Waals surface area contributed by atoms with E-state index in [1.165, 1.54) is 18.8 Å². The van der Waals surface area contributed by atoms with Gasteiger partial charge in [-0.1, -0.05) is 30.0 Å². The molecule has 0 atom stereocenters. The smallest absolute Gasteiger partial charge is 0.239 e. The first kappa shape index (κ1) is 20.5. The molecule has 27 heavy (non-hydrogen) atoms. The SMILES string of the molecule is C=CCn1c(COc2cccc(C)c2)nnc1SCC(=O)NCC(=O)NC. The maximum absolute atomic E-state index is 11.8. The average molecular weight is 389 g/mol. The lowest BCUT2D eigenvalue weighted by atomic mass is 10.2. The van der Waals surface area contributed by atoms with Crippen molar-refractivity contribution in [3.05, 3.63) is 48.3 Å². The average Bonchev–Trinajstić information content (AvgIpc) is 3.05. The van der Waals surface area contributed by atoms with Gasteiger partial charge in [-0.05, 0) is 24.6 Å². The van der Waals surface area contributed by atoms with Crippen LogP contribution in [-0.4, -0.2) is 45.9 Å². The lowest BCUT2D eigenvalue weighted by Crippen LogP contribution is -2.36. The molecule has 1 aromatic heterocycles. The normalized spacial score (nSPS) is 10.3. The number of nitrogens with zero attached hydrogens (tertiary/aromatic N) is 3. The minimum atomic E-state index is -0.255. The molecule has 2 rings (SSSR count). The molecule has 0 saturated carbocycles. The second-order valence-corrected chi connectivity index (χ2v) is 6.58. The summed E-state index contributed by atoms with van der Waals surface area (Å²) < 4.78 is 7.63. The number of nitrogens with one attached hydrogen (secondary N) is 2. The fraction of sp³-hybridized carbons (Fsp3) is 0.333. The molecule has 0 spiro atoms. The van der Waals surface area contributed by atoms with Crippen LogP contribution >= 0.6 is 11.8 Å². The number of carbonyl (C=O) groups is 2. The van der Waals surface area contributed by atoms with E-state index in [1.54, 1.807) is 6.08 Å². The number of likely N-dealkylation sites (N-methyl/N-ethyl adjacent to an activating group) is 1. The summed E-state index contributed by atoms with van der Waals surface area (Å²) >= 11 is 1.24. The molecule has 0 aliphatic rings. The van der Waals surface area contributed by atoms with Gasteiger partial charge < -0.3 is 15.4 Å². The zero-order valence-corrected chi connectivity index (χ0v) is 16.2. The first-order chi connectivity index (χ1) is 13.0. The Labute approximate surface area is 162 Å². The monoisotopic (exact) mass is 389 g/mol. The Morgan fingerprint density at radius 2 is 2.15 bits per heavy atom. The van der Waals surface area contributed by atoms with E-state index < -0.39 is 0 Å². The number of aromatic nitrogens is 3. The molecule has 0 unspecified atom stereocenters. The fourth-order valence-electron chi connectivity index (χ4n) is 2.15. The Morgan fingerprint density at radius 1 is 1.33 bits per heavy atom. The Balaban J connectivity index is 1.96. The van der Waals surface area contributed by atoms with E-state index in [1.807, 2.05) is 35.8 Å². The summed E-state index contributed by atoms with van der Waals surface area (Å²) in [7, 11) is 1.52. The molecular formula is C18H23N5O3S. The lowest BCUT2D eigenvalue weighted by molar-refractivity contribution is -0.124. The van der Waals surface area contributed by atoms with E-state index in [0.717, 1.165) is 11.3 Å². The molecule has 1 aromatic carbocycles. The fourth-order valence-corrected chi connectivity index (χ4v) is 2.94. The number of ether oxygens (including phenoxy) is 1. The zero-order chi connectivity index (χ0) is 19.6. The van der Waals surface area contributed by atoms with Crippen LogP contribution < -0.4 is 15.4 Å². The predicted molar refractivity (Wildman–Crippen MR) is 104 cm³/mol. The third kappa shape index (κ3) is 6.45. The molecule has 0 fully saturated rings. The van der Waals surface area contributed by atoms with Crippen LogP contribution in [0.2, 0.25) is 0 Å². The highest BCUT2D eigenvalue weighted by Gasteiger charge is 2.14. The van der Waals surface area contributed by atoms with E-state index in [0.29, 0.717) is 17.5 Å². The van der Waals surface area contributed by atoms with Crippen LogP contribution in [0.5, 0.6) is 5.75 Å². The molecule has 0 saturated heterocycles. The van der Waals surface area contributed by atoms with Gasteiger partial charge in [-0.2, -0.15) is 0 Å². The molecule has 0 bridgehead atoms. The molecule has 2 aromatic rings. The Hall–Kier alpha value is -2.81. The van der Waals surface area contributed by atoms with E-state index in [2.05, 4.69) is 27.4 Å². The third-order valence-corrected chi connectivity index (χ3v) is 4.49. The van der Waals surface area contributed by atoms with Gasteiger partial charge in [0.05, 0.1) is 12.3 Å². The molecule has 1 heterocycles. The molecule has 2 amide bonds. The van der Waals surface area contributed by atoms with Crippen LogP contribution in [-0.2, 0) is 22.7 Å². The highest BCUT2D eigenvalue weighted by molar-refractivity contribution is 7.99. The summed E-state index contributed by atoms with van der Waals surface area (Å²) in [6.07, 6.45) is 1.73. The van der Waals surface area contributed by atoms with Crippen molar-refractivity contribution in [1.82, 2.24) is 25.4 Å². The molecule has 8 nitrogen and oxygen atoms in total. The summed E-state index contributed by atoms with van der Waals surface area (Å²) in [5, 5.41) is 13.9. The highest BCUT2D eigenvalue weighted by Crippen LogP contribution is 2.19. The molecule has 0 aliphatic heterocycles. The Morgan fingerprint density at radius 3 is 2.85 bits per heavy atom. The van der Waals surface area contributed by atoms with Gasteiger partial charge in [0.25, 0.3) is 0 Å². The number of allylic oxidation sites excluding steroid dienone is 1. The largest absolute Gasteiger partial charge is 0.486 e. The van der Waals surface area contributed by atoms with Gasteiger partial charge in [0, 0.05) is 13.6 Å². The van der Waals surface area contributed by atoms with Gasteiger partial charge in [0.2, 0.25) is 11.8 Å². The van der Waals surface area contributed by atoms with Crippen molar-refractivity contribution in [3.63, 3.8) is 0 Å². The minimum absolute atomic E-state index is 0.0508. The van der Waals surface area contributed by atoms with E-state index in [9.17, 15) is 9.59 Å². The van der Waals surface area contributed by atoms with Crippen LogP contribution in [0.3, 0.4) is 0 Å². The number of thioether (sulfide) groups is 1. The molecule has 9 heteroatoms. The van der Waals surface area contributed by atoms with Gasteiger partial charge in [-0.3, -0.25) is 14.2 Å². The number of rotatable bonds is 10. The minimum Gasteiger partial charge on any atom is -0.486 e. The number of amides is 2. The summed E-state index contributed by atoms with van der Waals surface area (Å²) in [4.78, 5) is 23.0. The highest BCUT2D eigenvalue weighted by atomic mass is 32.2. The molecule has 2 N–H and O–H groups in total. The van der Waals surface area contributed by atoms with E-state index >= 15 is 0 Å². The Bertz CT molecular complexity index is 806. The van der Waals surface area contributed by atoms with Crippen LogP contribution in [0.15, 0.2) is 42.1 Å². The van der Waals surface area contributed by atoms with Crippen molar-refractivity contribution in [2.24, 2.45) is 0 Å². The molecular weight excluding hydrogens is 366 g/mol. The maximum Gasteiger partial charge on any atom is 0.239 e. The van der Waals surface area contributed by atoms with Crippen molar-refractivity contribution < 1.29 is 14.3 Å². The van der Waals surface area contributed by atoms with Crippen LogP contribution in [0.4, 0.5) is 0 Å². The van der Waals surface area contributed by atoms with Crippen molar-refractivity contribution in [3.8, 4) is 5.75 Å². The van der Waals surface area contributed by atoms with E-state index in [4.69, 9.17) is 4.74 Å². The maximum atomic E-state index is 11.8. The van der Waals surface area contributed by atoms with Crippen molar-refractivity contribution in [1.29, 1.82) is 0 Å². The van der Waals surface area contributed by atoms with Gasteiger partial charge in [-0.25, -0.2) is 0 Å². The summed E-state index contributed by atoms with van der Waals surface area (Å²) in [6.45, 7) is 6.46. The number of carbonyl (C=O) groups excluding carboxylic acids is 2. The number of hydrogen-bond donors (Lipinski definition) is 2. The first-order valence-corrected chi connectivity index (χ1v) is 9.34. The van der Waals surface area contributed by atoms with Crippen LogP contribution in [0, 0.1) is 6.92 Å². The van der Waals surface area contributed by atoms with Gasteiger partial charge in [0.1, 0.15) is 12.4 Å². The standard InChI is InChI=1S/C18H23N5O3S/c1-4-8-23-15(11-26-14-7-5-6-13(2)9-14)21-22-18(23)27-12-17(25)20-10-16(24)19-3/h4-7,9H,1,8,10-12H2,2-3H3,(H,19,24)(H,20,25). The van der Waals surface area contributed by atoms with Crippen molar-refractivity contribution in [2.75, 3.05) is 19.3 Å². The summed E-state index contributed by atoms with van der Waals surface area (Å²) in [5.41, 5.74) is 1.11. The van der Waals surface area contributed by atoms with Crippen LogP contribution in [0.1, 0.15) is 11.4 Å². The number of benzene rings is 1. The first-order valence-electron chi connectivity index (χ1n) is 8.36. The van der Waals surface area contributed by atoms with Crippen molar-refractivity contribution >= 4 is 23.6 Å². The second-order valence-electron chi connectivity index (χ2n) is 5.64. The topological polar surface area (TPSA) is 98.1 Å². The molecule has 0 radical (unpaired) electrons. The third-order valence-electron chi connectivity index (χ3n) is 3.52. The van der Waals surface area contributed by atoms with Crippen LogP contribution in [0.25, 0.3) is 0 Å². The summed E-state index contributed by atoms with van der Waals surface area (Å²) in [6, 6.07) is 7.75. The number of aryl methyl sites for hydroxylation is 1. The second kappa shape index (κ2) is 10.4. The Kier molecular flexibility index (Phi) is 7.87.